The number of nitrogens with zero attached hydrogens (tertiary/aromatic N) is 2. The van der Waals surface area contributed by atoms with Gasteiger partial charge in [-0.15, -0.1) is 0 Å². The molecule has 16 heavy (non-hydrogen) atoms. The Kier molecular flexibility index (Phi) is 2.19. The summed E-state index contributed by atoms with van der Waals surface area (Å²) in [5.41, 5.74) is 9.17. The lowest BCUT2D eigenvalue weighted by Gasteiger charge is -1.98. The van der Waals surface area contributed by atoms with Gasteiger partial charge in [-0.3, -0.25) is 4.40 Å². The van der Waals surface area contributed by atoms with Crippen molar-refractivity contribution in [1.82, 2.24) is 9.38 Å². The van der Waals surface area contributed by atoms with E-state index in [2.05, 4.69) is 33.8 Å². The third kappa shape index (κ3) is 1.42. The molecule has 3 aromatic rings. The van der Waals surface area contributed by atoms with Crippen LogP contribution < -0.4 is 5.73 Å². The Labute approximate surface area is 97.5 Å². The van der Waals surface area contributed by atoms with E-state index in [4.69, 9.17) is 5.73 Å². The second kappa shape index (κ2) is 3.57. The summed E-state index contributed by atoms with van der Waals surface area (Å²) in [6.07, 6.45) is 3.02. The fourth-order valence-corrected chi connectivity index (χ4v) is 3.10. The first kappa shape index (κ1) is 9.81. The standard InChI is InChI=1S/C12H13N3S/c1-8-7-15-10-3-2-9(4-5-13)6-11(10)16-12(15)14-8/h2-3,6-7H,4-5,13H2,1H3. The maximum absolute atomic E-state index is 5.57. The van der Waals surface area contributed by atoms with E-state index in [-0.39, 0.29) is 0 Å². The van der Waals surface area contributed by atoms with Gasteiger partial charge in [0.05, 0.1) is 15.9 Å². The second-order valence-electron chi connectivity index (χ2n) is 3.98. The summed E-state index contributed by atoms with van der Waals surface area (Å²) in [4.78, 5) is 5.55. The highest BCUT2D eigenvalue weighted by atomic mass is 32.1. The molecule has 4 heteroatoms. The first-order chi connectivity index (χ1) is 7.78. The van der Waals surface area contributed by atoms with Gasteiger partial charge in [0.2, 0.25) is 0 Å². The zero-order valence-corrected chi connectivity index (χ0v) is 9.92. The maximum atomic E-state index is 5.57. The third-order valence-corrected chi connectivity index (χ3v) is 3.73. The molecule has 0 unspecified atom stereocenters. The zero-order chi connectivity index (χ0) is 11.1. The molecule has 82 valence electrons. The molecule has 0 saturated heterocycles. The summed E-state index contributed by atoms with van der Waals surface area (Å²) in [7, 11) is 0. The summed E-state index contributed by atoms with van der Waals surface area (Å²) in [5.74, 6) is 0. The Balaban J connectivity index is 2.25. The number of imidazole rings is 1. The van der Waals surface area contributed by atoms with Gasteiger partial charge in [-0.2, -0.15) is 0 Å². The minimum absolute atomic E-state index is 0.702. The van der Waals surface area contributed by atoms with Crippen LogP contribution in [-0.2, 0) is 6.42 Å². The van der Waals surface area contributed by atoms with Gasteiger partial charge >= 0.3 is 0 Å². The molecule has 2 N–H and O–H groups in total. The van der Waals surface area contributed by atoms with E-state index in [1.807, 2.05) is 6.92 Å². The summed E-state index contributed by atoms with van der Waals surface area (Å²) in [5, 5.41) is 0. The fraction of sp³-hybridized carbons (Fsp3) is 0.250. The molecule has 0 aliphatic carbocycles. The third-order valence-electron chi connectivity index (χ3n) is 2.71. The van der Waals surface area contributed by atoms with Crippen molar-refractivity contribution in [2.24, 2.45) is 5.73 Å². The van der Waals surface area contributed by atoms with E-state index in [0.717, 1.165) is 17.1 Å². The first-order valence-electron chi connectivity index (χ1n) is 5.35. The van der Waals surface area contributed by atoms with E-state index >= 15 is 0 Å². The highest BCUT2D eigenvalue weighted by Crippen LogP contribution is 2.27. The largest absolute Gasteiger partial charge is 0.330 e. The Bertz CT molecular complexity index is 651. The van der Waals surface area contributed by atoms with Gasteiger partial charge < -0.3 is 5.73 Å². The Morgan fingerprint density at radius 1 is 1.44 bits per heavy atom. The molecule has 2 aromatic heterocycles. The van der Waals surface area contributed by atoms with Crippen LogP contribution in [0.5, 0.6) is 0 Å². The van der Waals surface area contributed by atoms with E-state index in [1.54, 1.807) is 11.3 Å². The van der Waals surface area contributed by atoms with Crippen molar-refractivity contribution in [1.29, 1.82) is 0 Å². The molecule has 1 aromatic carbocycles. The summed E-state index contributed by atoms with van der Waals surface area (Å²) in [6, 6.07) is 6.53. The van der Waals surface area contributed by atoms with Crippen LogP contribution in [0, 0.1) is 6.92 Å². The van der Waals surface area contributed by atoms with Crippen LogP contribution in [0.2, 0.25) is 0 Å². The molecule has 2 heterocycles. The number of hydrogen-bond acceptors (Lipinski definition) is 3. The molecule has 0 saturated carbocycles. The summed E-state index contributed by atoms with van der Waals surface area (Å²) in [6.45, 7) is 2.72. The molecule has 0 atom stereocenters. The highest BCUT2D eigenvalue weighted by molar-refractivity contribution is 7.23. The number of aromatic nitrogens is 2. The first-order valence-corrected chi connectivity index (χ1v) is 6.17. The van der Waals surface area contributed by atoms with Crippen LogP contribution >= 0.6 is 11.3 Å². The van der Waals surface area contributed by atoms with Crippen molar-refractivity contribution in [2.45, 2.75) is 13.3 Å². The number of thiazole rings is 1. The molecule has 0 aliphatic heterocycles. The normalized spacial score (nSPS) is 11.6. The van der Waals surface area contributed by atoms with Crippen LogP contribution in [0.15, 0.2) is 24.4 Å². The molecular formula is C12H13N3S. The Hall–Kier alpha value is -1.39. The minimum Gasteiger partial charge on any atom is -0.330 e. The van der Waals surface area contributed by atoms with Crippen molar-refractivity contribution in [3.8, 4) is 0 Å². The van der Waals surface area contributed by atoms with Crippen LogP contribution in [-0.4, -0.2) is 15.9 Å². The van der Waals surface area contributed by atoms with Crippen molar-refractivity contribution >= 4 is 26.5 Å². The van der Waals surface area contributed by atoms with Gasteiger partial charge in [0.15, 0.2) is 4.96 Å². The monoisotopic (exact) mass is 231 g/mol. The van der Waals surface area contributed by atoms with E-state index in [0.29, 0.717) is 6.54 Å². The minimum atomic E-state index is 0.702. The van der Waals surface area contributed by atoms with Crippen molar-refractivity contribution in [3.63, 3.8) is 0 Å². The second-order valence-corrected chi connectivity index (χ2v) is 4.99. The lowest BCUT2D eigenvalue weighted by molar-refractivity contribution is 0.971. The molecule has 0 amide bonds. The molecule has 0 spiro atoms. The van der Waals surface area contributed by atoms with Gasteiger partial charge in [0.25, 0.3) is 0 Å². The number of benzene rings is 1. The van der Waals surface area contributed by atoms with Crippen molar-refractivity contribution in [2.75, 3.05) is 6.54 Å². The van der Waals surface area contributed by atoms with Crippen molar-refractivity contribution in [3.05, 3.63) is 35.7 Å². The van der Waals surface area contributed by atoms with Gasteiger partial charge in [-0.25, -0.2) is 4.98 Å². The number of nitrogens with two attached hydrogens (primary N) is 1. The summed E-state index contributed by atoms with van der Waals surface area (Å²) < 4.78 is 3.44. The number of aryl methyl sites for hydroxylation is 1. The molecule has 0 fully saturated rings. The molecular weight excluding hydrogens is 218 g/mol. The summed E-state index contributed by atoms with van der Waals surface area (Å²) >= 11 is 1.73. The molecule has 0 bridgehead atoms. The van der Waals surface area contributed by atoms with E-state index in [9.17, 15) is 0 Å². The lowest BCUT2D eigenvalue weighted by Crippen LogP contribution is -2.02. The predicted molar refractivity (Wildman–Crippen MR) is 68.1 cm³/mol. The number of rotatable bonds is 2. The van der Waals surface area contributed by atoms with E-state index in [1.165, 1.54) is 15.8 Å². The molecule has 0 radical (unpaired) electrons. The SMILES string of the molecule is Cc1cn2c(n1)sc1cc(CCN)ccc12. The average Bonchev–Trinajstić information content (AvgIpc) is 2.73. The van der Waals surface area contributed by atoms with Crippen LogP contribution in [0.4, 0.5) is 0 Å². The Morgan fingerprint density at radius 2 is 2.31 bits per heavy atom. The zero-order valence-electron chi connectivity index (χ0n) is 9.10. The molecule has 3 nitrogen and oxygen atoms in total. The van der Waals surface area contributed by atoms with Gasteiger partial charge in [-0.1, -0.05) is 17.4 Å². The van der Waals surface area contributed by atoms with Crippen LogP contribution in [0.25, 0.3) is 15.2 Å². The van der Waals surface area contributed by atoms with Crippen LogP contribution in [0.3, 0.4) is 0 Å². The van der Waals surface area contributed by atoms with E-state index < -0.39 is 0 Å². The molecule has 0 aliphatic rings. The smallest absolute Gasteiger partial charge is 0.194 e. The predicted octanol–water partition coefficient (Wildman–Crippen LogP) is 2.36. The highest BCUT2D eigenvalue weighted by Gasteiger charge is 2.07. The van der Waals surface area contributed by atoms with Gasteiger partial charge in [-0.05, 0) is 37.6 Å². The molecule has 3 rings (SSSR count). The van der Waals surface area contributed by atoms with Gasteiger partial charge in [0.1, 0.15) is 0 Å². The Morgan fingerprint density at radius 3 is 3.12 bits per heavy atom. The van der Waals surface area contributed by atoms with Gasteiger partial charge in [0, 0.05) is 6.20 Å². The number of hydrogen-bond donors (Lipinski definition) is 1. The fourth-order valence-electron chi connectivity index (χ4n) is 1.98. The quantitative estimate of drug-likeness (QED) is 0.735. The lowest BCUT2D eigenvalue weighted by atomic mass is 10.1. The maximum Gasteiger partial charge on any atom is 0.194 e. The number of fused-ring (bicyclic) bond motifs is 3. The average molecular weight is 231 g/mol. The topological polar surface area (TPSA) is 43.3 Å². The van der Waals surface area contributed by atoms with Crippen LogP contribution in [0.1, 0.15) is 11.3 Å². The van der Waals surface area contributed by atoms with Crippen molar-refractivity contribution < 1.29 is 0 Å².